The molecule has 0 atom stereocenters. The fraction of sp³-hybridized carbons (Fsp3) is 0.333. The summed E-state index contributed by atoms with van der Waals surface area (Å²) in [5.74, 6) is -1.90. The Morgan fingerprint density at radius 3 is 1.60 bits per heavy atom. The molecule has 2 fully saturated rings. The minimum absolute atomic E-state index is 0.0560. The molecule has 2 aliphatic heterocycles. The van der Waals surface area contributed by atoms with E-state index in [-0.39, 0.29) is 26.9 Å². The predicted molar refractivity (Wildman–Crippen MR) is 147 cm³/mol. The zero-order valence-corrected chi connectivity index (χ0v) is 23.6. The van der Waals surface area contributed by atoms with Crippen molar-refractivity contribution in [3.05, 3.63) is 77.6 Å². The molecule has 3 aromatic rings. The summed E-state index contributed by atoms with van der Waals surface area (Å²) in [7, 11) is -7.64. The van der Waals surface area contributed by atoms with E-state index >= 15 is 0 Å². The van der Waals surface area contributed by atoms with Gasteiger partial charge in [0.25, 0.3) is 11.8 Å². The Kier molecular flexibility index (Phi) is 7.82. The van der Waals surface area contributed by atoms with Gasteiger partial charge in [-0.25, -0.2) is 31.7 Å². The molecule has 2 aromatic carbocycles. The Balaban J connectivity index is 1.54. The largest absolute Gasteiger partial charge is 0.268 e. The van der Waals surface area contributed by atoms with Crippen LogP contribution in [0.15, 0.2) is 70.6 Å². The van der Waals surface area contributed by atoms with Crippen LogP contribution in [0.5, 0.6) is 0 Å². The van der Waals surface area contributed by atoms with E-state index in [0.29, 0.717) is 31.9 Å². The normalized spacial score (nSPS) is 16.7. The average molecular weight is 584 g/mol. The summed E-state index contributed by atoms with van der Waals surface area (Å²) < 4.78 is 55.3. The zero-order chi connectivity index (χ0) is 28.5. The van der Waals surface area contributed by atoms with Crippen LogP contribution in [-0.2, 0) is 20.0 Å². The van der Waals surface area contributed by atoms with Gasteiger partial charge >= 0.3 is 0 Å². The van der Waals surface area contributed by atoms with Gasteiger partial charge in [-0.3, -0.25) is 9.59 Å². The van der Waals surface area contributed by atoms with E-state index in [4.69, 9.17) is 0 Å². The Bertz CT molecular complexity index is 1560. The highest BCUT2D eigenvalue weighted by Crippen LogP contribution is 2.25. The van der Waals surface area contributed by atoms with Crippen molar-refractivity contribution in [2.45, 2.75) is 42.4 Å². The van der Waals surface area contributed by atoms with Crippen molar-refractivity contribution in [2.75, 3.05) is 31.1 Å². The van der Waals surface area contributed by atoms with Crippen LogP contribution in [0.2, 0.25) is 0 Å². The molecule has 1 aromatic heterocycles. The maximum absolute atomic E-state index is 13.9. The highest BCUT2D eigenvalue weighted by molar-refractivity contribution is 7.89. The van der Waals surface area contributed by atoms with Crippen molar-refractivity contribution in [1.29, 1.82) is 0 Å². The molecule has 11 nitrogen and oxygen atoms in total. The molecular formula is C27H29N5O6S2. The van der Waals surface area contributed by atoms with Crippen molar-refractivity contribution >= 4 is 37.8 Å². The van der Waals surface area contributed by atoms with Crippen molar-refractivity contribution in [1.82, 2.24) is 18.6 Å². The van der Waals surface area contributed by atoms with Crippen LogP contribution >= 0.6 is 0 Å². The fourth-order valence-electron chi connectivity index (χ4n) is 4.81. The number of nitrogens with zero attached hydrogens (tertiary/aromatic N) is 5. The van der Waals surface area contributed by atoms with Crippen LogP contribution in [0.3, 0.4) is 0 Å². The van der Waals surface area contributed by atoms with E-state index in [1.54, 1.807) is 13.0 Å². The van der Waals surface area contributed by atoms with Crippen LogP contribution in [0.1, 0.15) is 52.1 Å². The number of aryl methyl sites for hydroxylation is 1. The molecule has 2 amide bonds. The third-order valence-electron chi connectivity index (χ3n) is 6.96. The lowest BCUT2D eigenvalue weighted by Crippen LogP contribution is -2.39. The van der Waals surface area contributed by atoms with Gasteiger partial charge in [0, 0.05) is 49.2 Å². The monoisotopic (exact) mass is 583 g/mol. The molecule has 210 valence electrons. The number of hydrogen-bond acceptors (Lipinski definition) is 8. The molecular weight excluding hydrogens is 554 g/mol. The summed E-state index contributed by atoms with van der Waals surface area (Å²) >= 11 is 0. The minimum Gasteiger partial charge on any atom is -0.268 e. The first-order chi connectivity index (χ1) is 19.1. The first-order valence-electron chi connectivity index (χ1n) is 13.0. The Hall–Kier alpha value is -3.52. The maximum Gasteiger partial charge on any atom is 0.267 e. The van der Waals surface area contributed by atoms with E-state index in [0.717, 1.165) is 30.6 Å². The lowest BCUT2D eigenvalue weighted by molar-refractivity contribution is 0.0895. The molecule has 0 saturated carbocycles. The van der Waals surface area contributed by atoms with E-state index in [1.165, 1.54) is 63.3 Å². The number of carbonyl (C=O) groups excluding carboxylic acids is 2. The van der Waals surface area contributed by atoms with Gasteiger partial charge in [0.15, 0.2) is 0 Å². The molecule has 2 aliphatic rings. The van der Waals surface area contributed by atoms with Gasteiger partial charge in [0.05, 0.1) is 9.79 Å². The summed E-state index contributed by atoms with van der Waals surface area (Å²) in [6.07, 6.45) is 4.44. The number of sulfonamides is 2. The first-order valence-corrected chi connectivity index (χ1v) is 15.9. The molecule has 5 rings (SSSR count). The van der Waals surface area contributed by atoms with E-state index in [1.807, 2.05) is 0 Å². The van der Waals surface area contributed by atoms with Crippen molar-refractivity contribution in [3.63, 3.8) is 0 Å². The molecule has 0 unspecified atom stereocenters. The maximum atomic E-state index is 13.9. The number of imide groups is 1. The van der Waals surface area contributed by atoms with E-state index < -0.39 is 31.9 Å². The SMILES string of the molecule is Cc1ccnc(N(C(=O)c2cccc(S(=O)(=O)N3CCCC3)c2)C(=O)c2cccc(S(=O)(=O)N3CCCC3)c2)n1. The molecule has 13 heteroatoms. The van der Waals surface area contributed by atoms with Gasteiger partial charge in [0.2, 0.25) is 26.0 Å². The lowest BCUT2D eigenvalue weighted by atomic mass is 10.1. The molecule has 0 spiro atoms. The third-order valence-corrected chi connectivity index (χ3v) is 10.7. The summed E-state index contributed by atoms with van der Waals surface area (Å²) in [6.45, 7) is 3.28. The topological polar surface area (TPSA) is 138 Å². The van der Waals surface area contributed by atoms with Crippen LogP contribution in [-0.4, -0.2) is 73.4 Å². The second-order valence-corrected chi connectivity index (χ2v) is 13.6. The highest BCUT2D eigenvalue weighted by atomic mass is 32.2. The van der Waals surface area contributed by atoms with Crippen LogP contribution < -0.4 is 4.90 Å². The number of aromatic nitrogens is 2. The van der Waals surface area contributed by atoms with Crippen molar-refractivity contribution < 1.29 is 26.4 Å². The molecule has 0 aliphatic carbocycles. The summed E-state index contributed by atoms with van der Waals surface area (Å²) in [5.41, 5.74) is 0.380. The number of anilines is 1. The average Bonchev–Trinajstić information content (AvgIpc) is 3.69. The molecule has 0 bridgehead atoms. The van der Waals surface area contributed by atoms with Crippen molar-refractivity contribution in [2.24, 2.45) is 0 Å². The van der Waals surface area contributed by atoms with E-state index in [9.17, 15) is 26.4 Å². The lowest BCUT2D eigenvalue weighted by Gasteiger charge is -2.21. The second kappa shape index (κ2) is 11.2. The molecule has 40 heavy (non-hydrogen) atoms. The Morgan fingerprint density at radius 2 is 1.18 bits per heavy atom. The standard InChI is InChI=1S/C27H29N5O6S2/c1-20-12-13-28-27(29-20)32(25(33)21-8-6-10-23(18-21)39(35,36)30-14-2-3-15-30)26(34)22-9-7-11-24(19-22)40(37,38)31-16-4-5-17-31/h6-13,18-19H,2-5,14-17H2,1H3. The van der Waals surface area contributed by atoms with Gasteiger partial charge in [-0.2, -0.15) is 8.61 Å². The Morgan fingerprint density at radius 1 is 0.725 bits per heavy atom. The van der Waals surface area contributed by atoms with Gasteiger partial charge < -0.3 is 0 Å². The molecule has 0 N–H and O–H groups in total. The van der Waals surface area contributed by atoms with Gasteiger partial charge in [0.1, 0.15) is 0 Å². The van der Waals surface area contributed by atoms with Crippen LogP contribution in [0.25, 0.3) is 0 Å². The summed E-state index contributed by atoms with van der Waals surface area (Å²) in [6, 6.07) is 12.6. The van der Waals surface area contributed by atoms with Gasteiger partial charge in [-0.15, -0.1) is 0 Å². The number of hydrogen-bond donors (Lipinski definition) is 0. The third kappa shape index (κ3) is 5.42. The molecule has 3 heterocycles. The molecule has 0 radical (unpaired) electrons. The fourth-order valence-corrected chi connectivity index (χ4v) is 7.94. The van der Waals surface area contributed by atoms with Crippen molar-refractivity contribution in [3.8, 4) is 0 Å². The zero-order valence-electron chi connectivity index (χ0n) is 21.9. The number of rotatable bonds is 7. The van der Waals surface area contributed by atoms with Gasteiger partial charge in [-0.05, 0) is 75.1 Å². The quantitative estimate of drug-likeness (QED) is 0.387. The van der Waals surface area contributed by atoms with E-state index in [2.05, 4.69) is 9.97 Å². The summed E-state index contributed by atoms with van der Waals surface area (Å²) in [4.78, 5) is 36.7. The van der Waals surface area contributed by atoms with Gasteiger partial charge in [-0.1, -0.05) is 12.1 Å². The summed E-state index contributed by atoms with van der Waals surface area (Å²) in [5, 5.41) is 0. The van der Waals surface area contributed by atoms with Crippen LogP contribution in [0.4, 0.5) is 5.95 Å². The number of amides is 2. The number of carbonyl (C=O) groups is 2. The smallest absolute Gasteiger partial charge is 0.267 e. The predicted octanol–water partition coefficient (Wildman–Crippen LogP) is 2.84. The number of benzene rings is 2. The highest BCUT2D eigenvalue weighted by Gasteiger charge is 2.33. The minimum atomic E-state index is -3.82. The first kappa shape index (κ1) is 28.0. The Labute approximate surface area is 233 Å². The van der Waals surface area contributed by atoms with Crippen LogP contribution in [0, 0.1) is 6.92 Å². The second-order valence-electron chi connectivity index (χ2n) is 9.72. The molecule has 2 saturated heterocycles.